The summed E-state index contributed by atoms with van der Waals surface area (Å²) >= 11 is 0. The van der Waals surface area contributed by atoms with Crippen LogP contribution in [0.15, 0.2) is 18.2 Å². The molecule has 2 rings (SSSR count). The minimum atomic E-state index is -0.485. The first-order valence-electron chi connectivity index (χ1n) is 7.59. The molecule has 0 aromatic heterocycles. The number of rotatable bonds is 3. The fourth-order valence-electron chi connectivity index (χ4n) is 2.51. The molecule has 3 N–H and O–H groups in total. The Morgan fingerprint density at radius 2 is 2.14 bits per heavy atom. The number of aryl methyl sites for hydroxylation is 1. The molecule has 1 fully saturated rings. The Bertz CT molecular complexity index is 559. The van der Waals surface area contributed by atoms with E-state index < -0.39 is 6.03 Å². The van der Waals surface area contributed by atoms with Gasteiger partial charge in [0, 0.05) is 31.4 Å². The molecule has 1 aliphatic rings. The molecule has 6 nitrogen and oxygen atoms in total. The summed E-state index contributed by atoms with van der Waals surface area (Å²) in [6.07, 6.45) is 0. The number of urea groups is 1. The zero-order valence-corrected chi connectivity index (χ0v) is 13.4. The quantitative estimate of drug-likeness (QED) is 0.786. The lowest BCUT2D eigenvalue weighted by atomic mass is 10.1. The maximum absolute atomic E-state index is 12.0. The Labute approximate surface area is 131 Å². The van der Waals surface area contributed by atoms with Crippen LogP contribution in [0.2, 0.25) is 0 Å². The zero-order chi connectivity index (χ0) is 16.1. The second kappa shape index (κ2) is 7.38. The predicted molar refractivity (Wildman–Crippen MR) is 87.0 cm³/mol. The SMILES string of the molecule is Cc1cccc(NC(=O)NC(=O)CN2CCNC[C@@H]2C)c1C. The number of anilines is 1. The van der Waals surface area contributed by atoms with Gasteiger partial charge in [-0.3, -0.25) is 15.0 Å². The van der Waals surface area contributed by atoms with Crippen molar-refractivity contribution in [3.63, 3.8) is 0 Å². The number of benzene rings is 1. The van der Waals surface area contributed by atoms with E-state index in [0.29, 0.717) is 6.04 Å². The molecule has 0 spiro atoms. The van der Waals surface area contributed by atoms with Crippen LogP contribution in [-0.4, -0.2) is 49.1 Å². The monoisotopic (exact) mass is 304 g/mol. The molecule has 0 aliphatic carbocycles. The van der Waals surface area contributed by atoms with Gasteiger partial charge in [-0.2, -0.15) is 0 Å². The number of piperazine rings is 1. The van der Waals surface area contributed by atoms with Crippen molar-refractivity contribution in [3.8, 4) is 0 Å². The van der Waals surface area contributed by atoms with Crippen molar-refractivity contribution in [2.24, 2.45) is 0 Å². The number of nitrogens with zero attached hydrogens (tertiary/aromatic N) is 1. The number of imide groups is 1. The topological polar surface area (TPSA) is 73.5 Å². The molecule has 0 radical (unpaired) electrons. The van der Waals surface area contributed by atoms with E-state index in [2.05, 4.69) is 27.8 Å². The molecular weight excluding hydrogens is 280 g/mol. The zero-order valence-electron chi connectivity index (χ0n) is 13.4. The van der Waals surface area contributed by atoms with E-state index in [0.717, 1.165) is 36.4 Å². The van der Waals surface area contributed by atoms with Crippen molar-refractivity contribution in [1.29, 1.82) is 0 Å². The van der Waals surface area contributed by atoms with Gasteiger partial charge in [0.2, 0.25) is 5.91 Å². The highest BCUT2D eigenvalue weighted by atomic mass is 16.2. The van der Waals surface area contributed by atoms with Gasteiger partial charge in [0.25, 0.3) is 0 Å². The third-order valence-electron chi connectivity index (χ3n) is 4.09. The summed E-state index contributed by atoms with van der Waals surface area (Å²) in [6.45, 7) is 8.77. The summed E-state index contributed by atoms with van der Waals surface area (Å²) in [5, 5.41) is 8.39. The van der Waals surface area contributed by atoms with Gasteiger partial charge in [-0.15, -0.1) is 0 Å². The summed E-state index contributed by atoms with van der Waals surface area (Å²) in [6, 6.07) is 5.49. The van der Waals surface area contributed by atoms with E-state index in [1.807, 2.05) is 32.0 Å². The molecule has 1 atom stereocenters. The van der Waals surface area contributed by atoms with Gasteiger partial charge in [0.1, 0.15) is 0 Å². The number of hydrogen-bond donors (Lipinski definition) is 3. The fraction of sp³-hybridized carbons (Fsp3) is 0.500. The lowest BCUT2D eigenvalue weighted by Crippen LogP contribution is -2.53. The molecule has 1 saturated heterocycles. The first kappa shape index (κ1) is 16.5. The molecule has 0 bridgehead atoms. The van der Waals surface area contributed by atoms with Crippen molar-refractivity contribution >= 4 is 17.6 Å². The van der Waals surface area contributed by atoms with Crippen LogP contribution in [-0.2, 0) is 4.79 Å². The molecule has 1 heterocycles. The summed E-state index contributed by atoms with van der Waals surface area (Å²) < 4.78 is 0. The van der Waals surface area contributed by atoms with E-state index in [9.17, 15) is 9.59 Å². The van der Waals surface area contributed by atoms with Gasteiger partial charge >= 0.3 is 6.03 Å². The van der Waals surface area contributed by atoms with E-state index in [1.54, 1.807) is 0 Å². The third-order valence-corrected chi connectivity index (χ3v) is 4.09. The molecule has 3 amide bonds. The number of carbonyl (C=O) groups excluding carboxylic acids is 2. The second-order valence-corrected chi connectivity index (χ2v) is 5.77. The molecule has 1 aromatic carbocycles. The van der Waals surface area contributed by atoms with Gasteiger partial charge in [-0.25, -0.2) is 4.79 Å². The van der Waals surface area contributed by atoms with Gasteiger partial charge in [-0.05, 0) is 38.0 Å². The van der Waals surface area contributed by atoms with Gasteiger partial charge in [0.15, 0.2) is 0 Å². The Kier molecular flexibility index (Phi) is 5.51. The normalized spacial score (nSPS) is 18.8. The summed E-state index contributed by atoms with van der Waals surface area (Å²) in [5.74, 6) is -0.281. The average Bonchev–Trinajstić information content (AvgIpc) is 2.46. The van der Waals surface area contributed by atoms with Gasteiger partial charge in [-0.1, -0.05) is 12.1 Å². The summed E-state index contributed by atoms with van der Waals surface area (Å²) in [5.41, 5.74) is 2.82. The maximum Gasteiger partial charge on any atom is 0.325 e. The lowest BCUT2D eigenvalue weighted by molar-refractivity contribution is -0.121. The first-order chi connectivity index (χ1) is 10.5. The Morgan fingerprint density at radius 3 is 2.86 bits per heavy atom. The van der Waals surface area contributed by atoms with Crippen LogP contribution in [0.25, 0.3) is 0 Å². The smallest absolute Gasteiger partial charge is 0.314 e. The minimum absolute atomic E-state index is 0.239. The fourth-order valence-corrected chi connectivity index (χ4v) is 2.51. The highest BCUT2D eigenvalue weighted by Crippen LogP contribution is 2.17. The van der Waals surface area contributed by atoms with Crippen LogP contribution >= 0.6 is 0 Å². The van der Waals surface area contributed by atoms with Crippen LogP contribution in [0.3, 0.4) is 0 Å². The standard InChI is InChI=1S/C16H24N4O2/c1-11-5-4-6-14(13(11)3)18-16(22)19-15(21)10-20-8-7-17-9-12(20)2/h4-6,12,17H,7-10H2,1-3H3,(H2,18,19,21,22)/t12-/m0/s1. The van der Waals surface area contributed by atoms with Crippen LogP contribution in [0, 0.1) is 13.8 Å². The molecule has 120 valence electrons. The molecular formula is C16H24N4O2. The van der Waals surface area contributed by atoms with Crippen molar-refractivity contribution in [2.45, 2.75) is 26.8 Å². The molecule has 1 aromatic rings. The van der Waals surface area contributed by atoms with Crippen LogP contribution < -0.4 is 16.0 Å². The van der Waals surface area contributed by atoms with Crippen LogP contribution in [0.1, 0.15) is 18.1 Å². The Balaban J connectivity index is 1.86. The highest BCUT2D eigenvalue weighted by molar-refractivity contribution is 6.02. The van der Waals surface area contributed by atoms with Crippen molar-refractivity contribution < 1.29 is 9.59 Å². The Morgan fingerprint density at radius 1 is 1.36 bits per heavy atom. The number of amides is 3. The number of carbonyl (C=O) groups is 2. The number of hydrogen-bond acceptors (Lipinski definition) is 4. The van der Waals surface area contributed by atoms with Crippen molar-refractivity contribution in [3.05, 3.63) is 29.3 Å². The van der Waals surface area contributed by atoms with E-state index in [-0.39, 0.29) is 12.5 Å². The largest absolute Gasteiger partial charge is 0.325 e. The third kappa shape index (κ3) is 4.29. The minimum Gasteiger partial charge on any atom is -0.314 e. The number of nitrogens with one attached hydrogen (secondary N) is 3. The molecule has 0 saturated carbocycles. The average molecular weight is 304 g/mol. The lowest BCUT2D eigenvalue weighted by Gasteiger charge is -2.33. The Hall–Kier alpha value is -1.92. The predicted octanol–water partition coefficient (Wildman–Crippen LogP) is 1.25. The molecule has 22 heavy (non-hydrogen) atoms. The van der Waals surface area contributed by atoms with Crippen molar-refractivity contribution in [2.75, 3.05) is 31.5 Å². The maximum atomic E-state index is 12.0. The molecule has 0 unspecified atom stereocenters. The highest BCUT2D eigenvalue weighted by Gasteiger charge is 2.21. The van der Waals surface area contributed by atoms with Gasteiger partial charge < -0.3 is 10.6 Å². The van der Waals surface area contributed by atoms with Crippen LogP contribution in [0.4, 0.5) is 10.5 Å². The van der Waals surface area contributed by atoms with E-state index >= 15 is 0 Å². The first-order valence-corrected chi connectivity index (χ1v) is 7.59. The van der Waals surface area contributed by atoms with E-state index in [1.165, 1.54) is 0 Å². The van der Waals surface area contributed by atoms with E-state index in [4.69, 9.17) is 0 Å². The van der Waals surface area contributed by atoms with Gasteiger partial charge in [0.05, 0.1) is 6.54 Å². The van der Waals surface area contributed by atoms with Crippen LogP contribution in [0.5, 0.6) is 0 Å². The molecule has 1 aliphatic heterocycles. The summed E-state index contributed by atoms with van der Waals surface area (Å²) in [7, 11) is 0. The second-order valence-electron chi connectivity index (χ2n) is 5.77. The molecule has 6 heteroatoms. The summed E-state index contributed by atoms with van der Waals surface area (Å²) in [4.78, 5) is 26.0. The van der Waals surface area contributed by atoms with Crippen molar-refractivity contribution in [1.82, 2.24) is 15.5 Å².